The van der Waals surface area contributed by atoms with Crippen LogP contribution in [0.15, 0.2) is 24.3 Å². The minimum Gasteiger partial charge on any atom is -0.358 e. The van der Waals surface area contributed by atoms with Crippen molar-refractivity contribution in [3.8, 4) is 0 Å². The van der Waals surface area contributed by atoms with Crippen LogP contribution in [0.5, 0.6) is 0 Å². The number of carbonyl (C=O) groups is 3. The summed E-state index contributed by atoms with van der Waals surface area (Å²) in [5, 5.41) is 3.52. The minimum atomic E-state index is -0.712. The van der Waals surface area contributed by atoms with Gasteiger partial charge in [-0.1, -0.05) is 17.7 Å². The molecule has 0 spiro atoms. The zero-order valence-electron chi connectivity index (χ0n) is 13.1. The van der Waals surface area contributed by atoms with Gasteiger partial charge in [-0.05, 0) is 19.1 Å². The molecule has 23 heavy (non-hydrogen) atoms. The van der Waals surface area contributed by atoms with Crippen molar-refractivity contribution in [1.29, 1.82) is 0 Å². The van der Waals surface area contributed by atoms with Gasteiger partial charge in [-0.25, -0.2) is 0 Å². The van der Waals surface area contributed by atoms with Crippen LogP contribution in [-0.4, -0.2) is 60.6 Å². The largest absolute Gasteiger partial charge is 0.358 e. The molecule has 8 heteroatoms. The van der Waals surface area contributed by atoms with Crippen molar-refractivity contribution in [1.82, 2.24) is 20.7 Å². The van der Waals surface area contributed by atoms with Crippen LogP contribution in [0.1, 0.15) is 5.56 Å². The van der Waals surface area contributed by atoms with Gasteiger partial charge in [0.25, 0.3) is 0 Å². The summed E-state index contributed by atoms with van der Waals surface area (Å²) < 4.78 is 0. The van der Waals surface area contributed by atoms with E-state index in [0.29, 0.717) is 13.1 Å². The van der Waals surface area contributed by atoms with E-state index in [2.05, 4.69) is 10.7 Å². The molecule has 0 aliphatic carbocycles. The van der Waals surface area contributed by atoms with Gasteiger partial charge in [-0.15, -0.1) is 0 Å². The Labute approximate surface area is 134 Å². The molecule has 2 saturated heterocycles. The van der Waals surface area contributed by atoms with Gasteiger partial charge < -0.3 is 10.2 Å². The number of nitrogens with one attached hydrogen (secondary N) is 2. The maximum absolute atomic E-state index is 12.3. The van der Waals surface area contributed by atoms with Gasteiger partial charge in [0.2, 0.25) is 5.91 Å². The van der Waals surface area contributed by atoms with E-state index in [1.165, 1.54) is 11.9 Å². The third-order valence-corrected chi connectivity index (χ3v) is 4.08. The lowest BCUT2D eigenvalue weighted by Gasteiger charge is -2.40. The molecule has 1 unspecified atom stereocenters. The molecular formula is C15H19N5O3. The highest BCUT2D eigenvalue weighted by atomic mass is 16.2. The third kappa shape index (κ3) is 2.72. The molecule has 2 aliphatic rings. The molecule has 2 heterocycles. The molecule has 8 nitrogen and oxygen atoms in total. The fraction of sp³-hybridized carbons (Fsp3) is 0.400. The first-order valence-corrected chi connectivity index (χ1v) is 7.44. The Balaban J connectivity index is 1.83. The number of fused-ring (bicyclic) bond motifs is 1. The number of benzene rings is 1. The monoisotopic (exact) mass is 317 g/mol. The summed E-state index contributed by atoms with van der Waals surface area (Å²) in [6.07, 6.45) is -0.465. The van der Waals surface area contributed by atoms with E-state index in [9.17, 15) is 14.4 Å². The maximum atomic E-state index is 12.3. The third-order valence-electron chi connectivity index (χ3n) is 4.08. The topological polar surface area (TPSA) is 85.0 Å². The Bertz CT molecular complexity index is 645. The zero-order chi connectivity index (χ0) is 16.6. The average molecular weight is 317 g/mol. The minimum absolute atomic E-state index is 0.201. The lowest BCUT2D eigenvalue weighted by atomic mass is 10.2. The predicted molar refractivity (Wildman–Crippen MR) is 82.9 cm³/mol. The summed E-state index contributed by atoms with van der Waals surface area (Å²) >= 11 is 0. The van der Waals surface area contributed by atoms with Gasteiger partial charge in [0.15, 0.2) is 6.29 Å². The molecule has 0 radical (unpaired) electrons. The van der Waals surface area contributed by atoms with E-state index in [4.69, 9.17) is 0 Å². The van der Waals surface area contributed by atoms with Crippen molar-refractivity contribution in [2.45, 2.75) is 13.2 Å². The Kier molecular flexibility index (Phi) is 3.91. The molecule has 1 aromatic rings. The van der Waals surface area contributed by atoms with Gasteiger partial charge in [-0.3, -0.25) is 24.3 Å². The molecule has 2 aliphatic heterocycles. The second kappa shape index (κ2) is 5.88. The molecule has 1 atom stereocenters. The number of anilines is 1. The highest BCUT2D eigenvalue weighted by Crippen LogP contribution is 2.25. The molecule has 0 bridgehead atoms. The van der Waals surface area contributed by atoms with Crippen LogP contribution in [0.2, 0.25) is 0 Å². The van der Waals surface area contributed by atoms with Gasteiger partial charge in [0.05, 0.1) is 0 Å². The van der Waals surface area contributed by atoms with Crippen molar-refractivity contribution >= 4 is 23.4 Å². The van der Waals surface area contributed by atoms with E-state index in [-0.39, 0.29) is 12.5 Å². The first-order valence-electron chi connectivity index (χ1n) is 7.44. The second-order valence-corrected chi connectivity index (χ2v) is 5.59. The van der Waals surface area contributed by atoms with Crippen LogP contribution in [0.3, 0.4) is 0 Å². The zero-order valence-corrected chi connectivity index (χ0v) is 13.1. The van der Waals surface area contributed by atoms with Gasteiger partial charge in [-0.2, -0.15) is 5.43 Å². The lowest BCUT2D eigenvalue weighted by molar-refractivity contribution is -0.163. The number of hydrazine groups is 1. The second-order valence-electron chi connectivity index (χ2n) is 5.59. The van der Waals surface area contributed by atoms with Crippen molar-refractivity contribution in [3.05, 3.63) is 29.8 Å². The Morgan fingerprint density at radius 3 is 2.48 bits per heavy atom. The van der Waals surface area contributed by atoms with Crippen molar-refractivity contribution < 1.29 is 14.4 Å². The number of rotatable bonds is 3. The molecule has 2 N–H and O–H groups in total. The Morgan fingerprint density at radius 1 is 1.17 bits per heavy atom. The van der Waals surface area contributed by atoms with Crippen LogP contribution >= 0.6 is 0 Å². The first kappa shape index (κ1) is 15.3. The van der Waals surface area contributed by atoms with Crippen molar-refractivity contribution in [2.75, 3.05) is 31.6 Å². The molecule has 3 amide bonds. The van der Waals surface area contributed by atoms with Crippen molar-refractivity contribution in [2.24, 2.45) is 0 Å². The van der Waals surface area contributed by atoms with E-state index in [1.807, 2.05) is 36.1 Å². The molecule has 1 aromatic carbocycles. The van der Waals surface area contributed by atoms with Crippen LogP contribution in [0.4, 0.5) is 5.69 Å². The number of likely N-dealkylation sites (N-methyl/N-ethyl adjacent to an activating group) is 1. The number of hydrogen-bond donors (Lipinski definition) is 2. The standard InChI is InChI=1S/C15H19N5O3/c1-10-3-5-11(6-4-10)18-7-8-19-13(22)14(23)20(17-15(18)19)9-12(21)16-2/h3-6,15,17H,7-9H2,1-2H3,(H,16,21). The first-order chi connectivity index (χ1) is 11.0. The molecule has 122 valence electrons. The molecule has 0 aromatic heterocycles. The number of hydrogen-bond acceptors (Lipinski definition) is 5. The molecule has 0 saturated carbocycles. The summed E-state index contributed by atoms with van der Waals surface area (Å²) in [6.45, 7) is 2.89. The van der Waals surface area contributed by atoms with E-state index < -0.39 is 18.1 Å². The smallest absolute Gasteiger partial charge is 0.326 e. The number of amides is 3. The highest BCUT2D eigenvalue weighted by Gasteiger charge is 2.45. The average Bonchev–Trinajstić information content (AvgIpc) is 2.96. The predicted octanol–water partition coefficient (Wildman–Crippen LogP) is -0.980. The number of aryl methyl sites for hydroxylation is 1. The molecule has 2 fully saturated rings. The fourth-order valence-corrected chi connectivity index (χ4v) is 2.76. The van der Waals surface area contributed by atoms with Crippen LogP contribution in [-0.2, 0) is 14.4 Å². The number of nitrogens with zero attached hydrogens (tertiary/aromatic N) is 3. The van der Waals surface area contributed by atoms with Gasteiger partial charge >= 0.3 is 11.8 Å². The number of carbonyl (C=O) groups excluding carboxylic acids is 3. The van der Waals surface area contributed by atoms with Crippen LogP contribution in [0, 0.1) is 6.92 Å². The van der Waals surface area contributed by atoms with E-state index in [0.717, 1.165) is 16.3 Å². The fourth-order valence-electron chi connectivity index (χ4n) is 2.76. The quantitative estimate of drug-likeness (QED) is 0.700. The van der Waals surface area contributed by atoms with Gasteiger partial charge in [0, 0.05) is 25.8 Å². The van der Waals surface area contributed by atoms with Gasteiger partial charge in [0.1, 0.15) is 6.54 Å². The molecule has 3 rings (SSSR count). The van der Waals surface area contributed by atoms with Crippen LogP contribution in [0.25, 0.3) is 0 Å². The summed E-state index contributed by atoms with van der Waals surface area (Å²) in [4.78, 5) is 39.4. The highest BCUT2D eigenvalue weighted by molar-refractivity contribution is 6.35. The summed E-state index contributed by atoms with van der Waals surface area (Å²) in [7, 11) is 1.49. The maximum Gasteiger partial charge on any atom is 0.326 e. The normalized spacial score (nSPS) is 20.8. The molecular weight excluding hydrogens is 298 g/mol. The SMILES string of the molecule is CNC(=O)CN1NC2N(CCN2c2ccc(C)cc2)C(=O)C1=O. The Morgan fingerprint density at radius 2 is 1.83 bits per heavy atom. The van der Waals surface area contributed by atoms with E-state index in [1.54, 1.807) is 0 Å². The summed E-state index contributed by atoms with van der Waals surface area (Å²) in [5.74, 6) is -1.64. The summed E-state index contributed by atoms with van der Waals surface area (Å²) in [5.41, 5.74) is 5.08. The summed E-state index contributed by atoms with van der Waals surface area (Å²) in [6, 6.07) is 7.95. The van der Waals surface area contributed by atoms with Crippen molar-refractivity contribution in [3.63, 3.8) is 0 Å². The Hall–Kier alpha value is -2.61. The lowest BCUT2D eigenvalue weighted by Crippen LogP contribution is -2.68. The van der Waals surface area contributed by atoms with Crippen LogP contribution < -0.4 is 15.6 Å². The van der Waals surface area contributed by atoms with E-state index >= 15 is 0 Å².